The maximum absolute atomic E-state index is 12.4. The van der Waals surface area contributed by atoms with E-state index in [0.717, 1.165) is 17.8 Å². The molecule has 2 rings (SSSR count). The summed E-state index contributed by atoms with van der Waals surface area (Å²) < 4.78 is 0.848. The Bertz CT molecular complexity index is 516. The second-order valence-electron chi connectivity index (χ2n) is 4.63. The number of rotatable bonds is 2. The van der Waals surface area contributed by atoms with Crippen LogP contribution in [0.25, 0.3) is 0 Å². The molecule has 1 aromatic heterocycles. The van der Waals surface area contributed by atoms with Crippen molar-refractivity contribution in [3.05, 3.63) is 20.3 Å². The fourth-order valence-corrected chi connectivity index (χ4v) is 3.65. The van der Waals surface area contributed by atoms with Crippen molar-refractivity contribution in [1.82, 2.24) is 9.80 Å². The minimum atomic E-state index is -0.391. The number of hydrogen-bond donors (Lipinski definition) is 0. The molecule has 1 aromatic rings. The monoisotopic (exact) mass is 320 g/mol. The highest BCUT2D eigenvalue weighted by molar-refractivity contribution is 7.20. The molecule has 1 unspecified atom stereocenters. The van der Waals surface area contributed by atoms with Gasteiger partial charge in [-0.05, 0) is 18.9 Å². The average Bonchev–Trinajstić information content (AvgIpc) is 2.93. The number of carbonyl (C=O) groups excluding carboxylic acids is 2. The Hall–Kier alpha value is -0.780. The molecular weight excluding hydrogens is 307 g/mol. The Balaban J connectivity index is 2.23. The highest BCUT2D eigenvalue weighted by atomic mass is 35.5. The molecule has 0 saturated carbocycles. The van der Waals surface area contributed by atoms with Crippen LogP contribution in [-0.2, 0) is 4.79 Å². The van der Waals surface area contributed by atoms with E-state index in [-0.39, 0.29) is 11.8 Å². The van der Waals surface area contributed by atoms with E-state index < -0.39 is 6.04 Å². The predicted molar refractivity (Wildman–Crippen MR) is 77.1 cm³/mol. The van der Waals surface area contributed by atoms with Gasteiger partial charge in [-0.3, -0.25) is 9.59 Å². The van der Waals surface area contributed by atoms with Crippen LogP contribution in [0.3, 0.4) is 0 Å². The zero-order valence-corrected chi connectivity index (χ0v) is 13.0. The number of amides is 2. The molecule has 1 aliphatic rings. The van der Waals surface area contributed by atoms with Gasteiger partial charge in [-0.15, -0.1) is 11.3 Å². The molecule has 7 heteroatoms. The van der Waals surface area contributed by atoms with Gasteiger partial charge in [0.15, 0.2) is 0 Å². The lowest BCUT2D eigenvalue weighted by Gasteiger charge is -2.26. The molecule has 19 heavy (non-hydrogen) atoms. The van der Waals surface area contributed by atoms with Gasteiger partial charge >= 0.3 is 0 Å². The molecule has 1 aliphatic heterocycles. The van der Waals surface area contributed by atoms with E-state index >= 15 is 0 Å². The Kier molecular flexibility index (Phi) is 4.38. The van der Waals surface area contributed by atoms with E-state index in [0.29, 0.717) is 27.2 Å². The molecule has 2 amide bonds. The van der Waals surface area contributed by atoms with Gasteiger partial charge in [-0.1, -0.05) is 23.2 Å². The maximum Gasteiger partial charge on any atom is 0.256 e. The number of halogens is 2. The standard InChI is InChI=1S/C12H14Cl2N2O2S/c1-15(2)12(18)8-4-3-5-16(8)11(17)7-6-9(13)19-10(7)14/h6,8H,3-5H2,1-2H3. The Labute approximate surface area is 125 Å². The summed E-state index contributed by atoms with van der Waals surface area (Å²) in [6.07, 6.45) is 1.52. The van der Waals surface area contributed by atoms with Crippen LogP contribution >= 0.6 is 34.5 Å². The first-order valence-corrected chi connectivity index (χ1v) is 7.46. The average molecular weight is 321 g/mol. The van der Waals surface area contributed by atoms with E-state index in [1.54, 1.807) is 25.1 Å². The van der Waals surface area contributed by atoms with Gasteiger partial charge in [-0.2, -0.15) is 0 Å². The molecule has 0 N–H and O–H groups in total. The molecule has 1 fully saturated rings. The summed E-state index contributed by atoms with van der Waals surface area (Å²) >= 11 is 13.0. The van der Waals surface area contributed by atoms with E-state index in [9.17, 15) is 9.59 Å². The van der Waals surface area contributed by atoms with Gasteiger partial charge in [0.25, 0.3) is 5.91 Å². The maximum atomic E-state index is 12.4. The zero-order chi connectivity index (χ0) is 14.2. The molecule has 0 aromatic carbocycles. The summed E-state index contributed by atoms with van der Waals surface area (Å²) in [5, 5.41) is 0. The molecule has 2 heterocycles. The predicted octanol–water partition coefficient (Wildman–Crippen LogP) is 2.75. The van der Waals surface area contributed by atoms with Gasteiger partial charge in [0, 0.05) is 20.6 Å². The molecule has 1 atom stereocenters. The lowest BCUT2D eigenvalue weighted by Crippen LogP contribution is -2.45. The summed E-state index contributed by atoms with van der Waals surface area (Å²) in [7, 11) is 3.38. The molecular formula is C12H14Cl2N2O2S. The van der Waals surface area contributed by atoms with Crippen molar-refractivity contribution in [1.29, 1.82) is 0 Å². The van der Waals surface area contributed by atoms with Gasteiger partial charge in [0.1, 0.15) is 10.4 Å². The highest BCUT2D eigenvalue weighted by Gasteiger charge is 2.36. The molecule has 4 nitrogen and oxygen atoms in total. The van der Waals surface area contributed by atoms with Crippen molar-refractivity contribution in [2.45, 2.75) is 18.9 Å². The fraction of sp³-hybridized carbons (Fsp3) is 0.500. The normalized spacial score (nSPS) is 18.7. The van der Waals surface area contributed by atoms with Crippen LogP contribution in [0.15, 0.2) is 6.07 Å². The van der Waals surface area contributed by atoms with Gasteiger partial charge in [0.05, 0.1) is 9.90 Å². The molecule has 0 spiro atoms. The van der Waals surface area contributed by atoms with Crippen LogP contribution in [0, 0.1) is 0 Å². The van der Waals surface area contributed by atoms with E-state index in [1.165, 1.54) is 4.90 Å². The number of thiophene rings is 1. The number of carbonyl (C=O) groups is 2. The SMILES string of the molecule is CN(C)C(=O)C1CCCN1C(=O)c1cc(Cl)sc1Cl. The third kappa shape index (κ3) is 2.88. The number of hydrogen-bond acceptors (Lipinski definition) is 3. The minimum absolute atomic E-state index is 0.0525. The zero-order valence-electron chi connectivity index (χ0n) is 10.7. The summed E-state index contributed by atoms with van der Waals surface area (Å²) in [6.45, 7) is 0.576. The first kappa shape index (κ1) is 14.6. The van der Waals surface area contributed by atoms with Crippen molar-refractivity contribution in [2.75, 3.05) is 20.6 Å². The molecule has 0 radical (unpaired) electrons. The summed E-state index contributed by atoms with van der Waals surface area (Å²) in [6, 6.07) is 1.17. The van der Waals surface area contributed by atoms with Gasteiger partial charge in [0.2, 0.25) is 5.91 Å². The van der Waals surface area contributed by atoms with Crippen LogP contribution in [0.1, 0.15) is 23.2 Å². The highest BCUT2D eigenvalue weighted by Crippen LogP contribution is 2.33. The number of likely N-dealkylation sites (tertiary alicyclic amines) is 1. The van der Waals surface area contributed by atoms with Crippen molar-refractivity contribution < 1.29 is 9.59 Å². The molecule has 104 valence electrons. The molecule has 0 bridgehead atoms. The third-order valence-corrected chi connectivity index (χ3v) is 4.61. The Morgan fingerprint density at radius 2 is 2.11 bits per heavy atom. The van der Waals surface area contributed by atoms with Crippen LogP contribution in [-0.4, -0.2) is 48.3 Å². The van der Waals surface area contributed by atoms with Crippen LogP contribution in [0.4, 0.5) is 0 Å². The largest absolute Gasteiger partial charge is 0.347 e. The lowest BCUT2D eigenvalue weighted by atomic mass is 10.2. The van der Waals surface area contributed by atoms with Crippen molar-refractivity contribution in [3.63, 3.8) is 0 Å². The second kappa shape index (κ2) is 5.69. The van der Waals surface area contributed by atoms with Crippen LogP contribution in [0.2, 0.25) is 8.67 Å². The molecule has 1 saturated heterocycles. The summed E-state index contributed by atoms with van der Waals surface area (Å²) in [4.78, 5) is 27.6. The van der Waals surface area contributed by atoms with Gasteiger partial charge in [-0.25, -0.2) is 0 Å². The van der Waals surface area contributed by atoms with Crippen LogP contribution < -0.4 is 0 Å². The topological polar surface area (TPSA) is 40.6 Å². The number of nitrogens with zero attached hydrogens (tertiary/aromatic N) is 2. The summed E-state index contributed by atoms with van der Waals surface area (Å²) in [5.74, 6) is -0.269. The molecule has 0 aliphatic carbocycles. The quantitative estimate of drug-likeness (QED) is 0.840. The fourth-order valence-electron chi connectivity index (χ4n) is 2.21. The van der Waals surface area contributed by atoms with E-state index in [1.807, 2.05) is 0 Å². The second-order valence-corrected chi connectivity index (χ2v) is 6.91. The first-order chi connectivity index (χ1) is 8.91. The van der Waals surface area contributed by atoms with E-state index in [4.69, 9.17) is 23.2 Å². The third-order valence-electron chi connectivity index (χ3n) is 3.13. The van der Waals surface area contributed by atoms with Gasteiger partial charge < -0.3 is 9.80 Å². The van der Waals surface area contributed by atoms with Crippen molar-refractivity contribution in [3.8, 4) is 0 Å². The van der Waals surface area contributed by atoms with Crippen molar-refractivity contribution in [2.24, 2.45) is 0 Å². The minimum Gasteiger partial charge on any atom is -0.347 e. The number of likely N-dealkylation sites (N-methyl/N-ethyl adjacent to an activating group) is 1. The summed E-state index contributed by atoms with van der Waals surface area (Å²) in [5.41, 5.74) is 0.384. The lowest BCUT2D eigenvalue weighted by molar-refractivity contribution is -0.132. The van der Waals surface area contributed by atoms with Crippen molar-refractivity contribution >= 4 is 46.4 Å². The first-order valence-electron chi connectivity index (χ1n) is 5.88. The van der Waals surface area contributed by atoms with Crippen LogP contribution in [0.5, 0.6) is 0 Å². The Morgan fingerprint density at radius 3 is 2.63 bits per heavy atom. The van der Waals surface area contributed by atoms with E-state index in [2.05, 4.69) is 0 Å². The Morgan fingerprint density at radius 1 is 1.42 bits per heavy atom. The smallest absolute Gasteiger partial charge is 0.256 e.